The summed E-state index contributed by atoms with van der Waals surface area (Å²) in [5.41, 5.74) is 0.581. The Morgan fingerprint density at radius 3 is 2.89 bits per heavy atom. The number of thiocarbonyl (C=S) groups is 1. The number of carboxylic acids is 1. The second kappa shape index (κ2) is 9.29. The third kappa shape index (κ3) is 4.53. The van der Waals surface area contributed by atoms with Gasteiger partial charge in [0.25, 0.3) is 0 Å². The van der Waals surface area contributed by atoms with Crippen LogP contribution >= 0.6 is 47.1 Å². The van der Waals surface area contributed by atoms with Crippen molar-refractivity contribution in [1.82, 2.24) is 10.2 Å². The number of nitrogens with zero attached hydrogens (tertiary/aromatic N) is 1. The van der Waals surface area contributed by atoms with E-state index in [4.69, 9.17) is 17.0 Å². The molecule has 2 unspecified atom stereocenters. The Balaban J connectivity index is 1.64. The smallest absolute Gasteiger partial charge is 0.330 e. The molecule has 3 rings (SSSR count). The summed E-state index contributed by atoms with van der Waals surface area (Å²) >= 11 is 9.10. The average molecular weight is 459 g/mol. The maximum Gasteiger partial charge on any atom is 0.330 e. The van der Waals surface area contributed by atoms with Gasteiger partial charge in [0.15, 0.2) is 6.04 Å². The molecule has 11 heteroatoms. The molecule has 1 saturated heterocycles. The summed E-state index contributed by atoms with van der Waals surface area (Å²) in [6.07, 6.45) is 0.202. The van der Waals surface area contributed by atoms with Crippen LogP contribution in [0.15, 0.2) is 28.5 Å². The van der Waals surface area contributed by atoms with Crippen molar-refractivity contribution >= 4 is 69.2 Å². The van der Waals surface area contributed by atoms with Gasteiger partial charge in [-0.05, 0) is 41.6 Å². The van der Waals surface area contributed by atoms with E-state index in [-0.39, 0.29) is 18.2 Å². The van der Waals surface area contributed by atoms with Crippen LogP contribution in [-0.4, -0.2) is 62.0 Å². The van der Waals surface area contributed by atoms with E-state index in [0.717, 1.165) is 4.88 Å². The molecule has 0 spiro atoms. The summed E-state index contributed by atoms with van der Waals surface area (Å²) in [7, 11) is 0. The molecule has 1 fully saturated rings. The number of ether oxygens (including phenoxy) is 1. The number of hydrogen-bond acceptors (Lipinski definition) is 8. The fraction of sp³-hybridized carbons (Fsp3) is 0.412. The fourth-order valence-corrected chi connectivity index (χ4v) is 5.98. The van der Waals surface area contributed by atoms with Gasteiger partial charge in [0.1, 0.15) is 11.4 Å². The number of rotatable bonds is 7. The molecule has 2 N–H and O–H groups in total. The molecule has 0 saturated carbocycles. The van der Waals surface area contributed by atoms with Gasteiger partial charge in [-0.1, -0.05) is 17.8 Å². The van der Waals surface area contributed by atoms with Crippen LogP contribution < -0.4 is 5.32 Å². The molecule has 0 bridgehead atoms. The second-order valence-electron chi connectivity index (χ2n) is 5.98. The Bertz CT molecular complexity index is 810. The number of carbonyl (C=O) groups excluding carboxylic acids is 2. The van der Waals surface area contributed by atoms with Crippen LogP contribution in [0, 0.1) is 0 Å². The molecule has 1 aromatic heterocycles. The van der Waals surface area contributed by atoms with Gasteiger partial charge in [0.2, 0.25) is 16.2 Å². The zero-order chi connectivity index (χ0) is 20.3. The monoisotopic (exact) mass is 458 g/mol. The number of thiophene rings is 1. The highest BCUT2D eigenvalue weighted by Crippen LogP contribution is 2.41. The highest BCUT2D eigenvalue weighted by atomic mass is 32.2. The lowest BCUT2D eigenvalue weighted by Crippen LogP contribution is -2.74. The summed E-state index contributed by atoms with van der Waals surface area (Å²) in [6.45, 7) is 2.26. The Labute approximate surface area is 179 Å². The molecule has 2 amide bonds. The van der Waals surface area contributed by atoms with Gasteiger partial charge in [0, 0.05) is 10.6 Å². The SMILES string of the molecule is CCOC(=S)SCC1=CS[C@@H]2C(NC(=O)Cc3cccs3)C(=O)N2C1C(=O)O. The molecule has 28 heavy (non-hydrogen) atoms. The topological polar surface area (TPSA) is 95.9 Å². The van der Waals surface area contributed by atoms with Crippen LogP contribution in [0.2, 0.25) is 0 Å². The highest BCUT2D eigenvalue weighted by molar-refractivity contribution is 8.22. The zero-order valence-corrected chi connectivity index (χ0v) is 18.1. The maximum atomic E-state index is 12.6. The van der Waals surface area contributed by atoms with Crippen molar-refractivity contribution in [3.63, 3.8) is 0 Å². The van der Waals surface area contributed by atoms with Crippen LogP contribution in [0.5, 0.6) is 0 Å². The second-order valence-corrected chi connectivity index (χ2v) is 9.58. The van der Waals surface area contributed by atoms with Gasteiger partial charge in [-0.2, -0.15) is 0 Å². The summed E-state index contributed by atoms with van der Waals surface area (Å²) in [4.78, 5) is 38.8. The van der Waals surface area contributed by atoms with Gasteiger partial charge >= 0.3 is 5.97 Å². The van der Waals surface area contributed by atoms with Gasteiger partial charge in [-0.3, -0.25) is 9.59 Å². The van der Waals surface area contributed by atoms with Crippen molar-refractivity contribution in [3.05, 3.63) is 33.4 Å². The average Bonchev–Trinajstić information content (AvgIpc) is 3.16. The Hall–Kier alpha value is -1.56. The molecule has 0 radical (unpaired) electrons. The lowest BCUT2D eigenvalue weighted by atomic mass is 9.98. The minimum absolute atomic E-state index is 0.202. The number of carboxylic acid groups (broad SMARTS) is 1. The summed E-state index contributed by atoms with van der Waals surface area (Å²) in [5.74, 6) is -1.40. The largest absolute Gasteiger partial charge is 0.479 e. The minimum Gasteiger partial charge on any atom is -0.479 e. The van der Waals surface area contributed by atoms with E-state index in [2.05, 4.69) is 5.32 Å². The molecule has 0 aliphatic carbocycles. The lowest BCUT2D eigenvalue weighted by Gasteiger charge is -2.51. The van der Waals surface area contributed by atoms with Crippen molar-refractivity contribution < 1.29 is 24.2 Å². The van der Waals surface area contributed by atoms with E-state index < -0.39 is 23.4 Å². The van der Waals surface area contributed by atoms with E-state index in [1.54, 1.807) is 5.41 Å². The first-order valence-electron chi connectivity index (χ1n) is 8.43. The first-order valence-corrected chi connectivity index (χ1v) is 11.6. The molecule has 150 valence electrons. The third-order valence-corrected chi connectivity index (χ3v) is 7.55. The molecular formula is C17H18N2O5S4. The number of aliphatic carboxylic acids is 1. The van der Waals surface area contributed by atoms with E-state index in [0.29, 0.717) is 22.3 Å². The van der Waals surface area contributed by atoms with Gasteiger partial charge in [-0.15, -0.1) is 23.1 Å². The third-order valence-electron chi connectivity index (χ3n) is 4.15. The Morgan fingerprint density at radius 1 is 1.46 bits per heavy atom. The number of β-lactam (4-membered cyclic amide) rings is 1. The molecule has 0 aromatic carbocycles. The van der Waals surface area contributed by atoms with Crippen molar-refractivity contribution in [1.29, 1.82) is 0 Å². The molecule has 3 heterocycles. The fourth-order valence-electron chi connectivity index (χ4n) is 2.93. The number of nitrogens with one attached hydrogen (secondary N) is 1. The predicted molar refractivity (Wildman–Crippen MR) is 114 cm³/mol. The van der Waals surface area contributed by atoms with Gasteiger partial charge in [0.05, 0.1) is 13.0 Å². The lowest BCUT2D eigenvalue weighted by molar-refractivity contribution is -0.160. The zero-order valence-electron chi connectivity index (χ0n) is 14.8. The first kappa shape index (κ1) is 21.2. The number of carbonyl (C=O) groups is 3. The number of amides is 2. The van der Waals surface area contributed by atoms with E-state index in [1.807, 2.05) is 24.4 Å². The summed E-state index contributed by atoms with van der Waals surface area (Å²) < 4.78 is 5.54. The van der Waals surface area contributed by atoms with Crippen LogP contribution in [-0.2, 0) is 25.5 Å². The minimum atomic E-state index is -1.10. The van der Waals surface area contributed by atoms with Crippen molar-refractivity contribution in [3.8, 4) is 0 Å². The van der Waals surface area contributed by atoms with Gasteiger partial charge in [-0.25, -0.2) is 4.79 Å². The molecular weight excluding hydrogens is 440 g/mol. The normalized spacial score (nSPS) is 23.3. The van der Waals surface area contributed by atoms with Crippen molar-refractivity contribution in [2.24, 2.45) is 0 Å². The molecule has 7 nitrogen and oxygen atoms in total. The van der Waals surface area contributed by atoms with Crippen LogP contribution in [0.1, 0.15) is 11.8 Å². The predicted octanol–water partition coefficient (Wildman–Crippen LogP) is 2.08. The van der Waals surface area contributed by atoms with E-state index >= 15 is 0 Å². The number of fused-ring (bicyclic) bond motifs is 1. The Kier molecular flexibility index (Phi) is 7.02. The molecule has 2 aliphatic heterocycles. The molecule has 3 atom stereocenters. The molecule has 2 aliphatic rings. The summed E-state index contributed by atoms with van der Waals surface area (Å²) in [6, 6.07) is 1.95. The van der Waals surface area contributed by atoms with Crippen LogP contribution in [0.3, 0.4) is 0 Å². The van der Waals surface area contributed by atoms with Crippen molar-refractivity contribution in [2.45, 2.75) is 30.8 Å². The number of thioether (sulfide) groups is 2. The Morgan fingerprint density at radius 2 is 2.25 bits per heavy atom. The van der Waals surface area contributed by atoms with E-state index in [1.165, 1.54) is 39.8 Å². The number of hydrogen-bond donors (Lipinski definition) is 2. The quantitative estimate of drug-likeness (QED) is 0.474. The molecule has 1 aromatic rings. The van der Waals surface area contributed by atoms with Crippen molar-refractivity contribution in [2.75, 3.05) is 12.4 Å². The summed E-state index contributed by atoms with van der Waals surface area (Å²) in [5, 5.41) is 15.6. The first-order chi connectivity index (χ1) is 13.4. The van der Waals surface area contributed by atoms with Gasteiger partial charge < -0.3 is 20.1 Å². The standard InChI is InChI=1S/C17H18N2O5S4/c1-2-24-17(25)28-8-9-7-27-15-12(14(21)19(15)13(9)16(22)23)18-11(20)6-10-4-3-5-26-10/h3-5,7,12-13,15H,2,6,8H2,1H3,(H,18,20)(H,22,23)/t12?,13?,15-/m1/s1. The maximum absolute atomic E-state index is 12.6. The highest BCUT2D eigenvalue weighted by Gasteiger charge is 2.55. The van der Waals surface area contributed by atoms with Crippen LogP contribution in [0.25, 0.3) is 0 Å². The van der Waals surface area contributed by atoms with E-state index in [9.17, 15) is 19.5 Å². The van der Waals surface area contributed by atoms with Crippen LogP contribution in [0.4, 0.5) is 0 Å².